The third kappa shape index (κ3) is 1.43. The fourth-order valence-electron chi connectivity index (χ4n) is 3.71. The zero-order valence-corrected chi connectivity index (χ0v) is 12.4. The van der Waals surface area contributed by atoms with Gasteiger partial charge in [-0.2, -0.15) is 0 Å². The molecule has 1 N–H and O–H groups in total. The summed E-state index contributed by atoms with van der Waals surface area (Å²) in [7, 11) is 0. The van der Waals surface area contributed by atoms with Crippen molar-refractivity contribution in [2.45, 2.75) is 6.92 Å². The minimum atomic E-state index is 1.21. The summed E-state index contributed by atoms with van der Waals surface area (Å²) in [5.41, 5.74) is 3.76. The lowest BCUT2D eigenvalue weighted by Crippen LogP contribution is -1.80. The first-order valence-electron chi connectivity index (χ1n) is 7.64. The molecule has 0 aliphatic carbocycles. The van der Waals surface area contributed by atoms with Crippen LogP contribution in [-0.4, -0.2) is 4.98 Å². The molecule has 1 aromatic heterocycles. The predicted octanol–water partition coefficient (Wildman–Crippen LogP) is 5.94. The van der Waals surface area contributed by atoms with Gasteiger partial charge in [-0.15, -0.1) is 0 Å². The summed E-state index contributed by atoms with van der Waals surface area (Å²) >= 11 is 0. The van der Waals surface area contributed by atoms with Crippen molar-refractivity contribution in [3.8, 4) is 0 Å². The molecule has 0 aliphatic heterocycles. The van der Waals surface area contributed by atoms with Gasteiger partial charge in [0.25, 0.3) is 0 Å². The Morgan fingerprint density at radius 1 is 0.636 bits per heavy atom. The van der Waals surface area contributed by atoms with Crippen LogP contribution in [0.3, 0.4) is 0 Å². The Balaban J connectivity index is 2.18. The molecule has 0 bridgehead atoms. The Labute approximate surface area is 128 Å². The summed E-state index contributed by atoms with van der Waals surface area (Å²) in [5, 5.41) is 7.96. The van der Waals surface area contributed by atoms with Crippen LogP contribution in [-0.2, 0) is 0 Å². The van der Waals surface area contributed by atoms with E-state index in [9.17, 15) is 0 Å². The van der Waals surface area contributed by atoms with E-state index in [0.717, 1.165) is 0 Å². The van der Waals surface area contributed by atoms with Crippen LogP contribution in [0.15, 0.2) is 66.7 Å². The lowest BCUT2D eigenvalue weighted by molar-refractivity contribution is 1.50. The van der Waals surface area contributed by atoms with Gasteiger partial charge in [0.05, 0.1) is 0 Å². The lowest BCUT2D eigenvalue weighted by atomic mass is 9.97. The second-order valence-electron chi connectivity index (χ2n) is 6.00. The summed E-state index contributed by atoms with van der Waals surface area (Å²) < 4.78 is 0. The first-order valence-corrected chi connectivity index (χ1v) is 7.64. The number of fused-ring (bicyclic) bond motifs is 7. The van der Waals surface area contributed by atoms with E-state index in [0.29, 0.717) is 0 Å². The van der Waals surface area contributed by atoms with Gasteiger partial charge in [-0.3, -0.25) is 0 Å². The molecule has 1 nitrogen and oxygen atoms in total. The SMILES string of the molecule is Cc1cc2[nH]c3ccc4ccccc4c3c2c2ccccc12. The maximum absolute atomic E-state index is 3.60. The third-order valence-electron chi connectivity index (χ3n) is 4.70. The first kappa shape index (κ1) is 11.8. The molecule has 0 radical (unpaired) electrons. The van der Waals surface area contributed by atoms with Crippen LogP contribution in [0, 0.1) is 6.92 Å². The highest BCUT2D eigenvalue weighted by Gasteiger charge is 2.12. The summed E-state index contributed by atoms with van der Waals surface area (Å²) in [6, 6.07) is 24.0. The molecule has 0 aliphatic rings. The number of hydrogen-bond acceptors (Lipinski definition) is 0. The Kier molecular flexibility index (Phi) is 2.21. The molecule has 5 aromatic rings. The molecule has 104 valence electrons. The monoisotopic (exact) mass is 281 g/mol. The Morgan fingerprint density at radius 2 is 1.32 bits per heavy atom. The highest BCUT2D eigenvalue weighted by Crippen LogP contribution is 2.37. The number of aromatic amines is 1. The van der Waals surface area contributed by atoms with Gasteiger partial charge in [-0.1, -0.05) is 54.6 Å². The van der Waals surface area contributed by atoms with E-state index in [1.54, 1.807) is 0 Å². The molecule has 0 spiro atoms. The largest absolute Gasteiger partial charge is 0.354 e. The van der Waals surface area contributed by atoms with Crippen LogP contribution < -0.4 is 0 Å². The van der Waals surface area contributed by atoms with Crippen LogP contribution in [0.1, 0.15) is 5.56 Å². The van der Waals surface area contributed by atoms with Crippen LogP contribution in [0.2, 0.25) is 0 Å². The molecular weight excluding hydrogens is 266 g/mol. The van der Waals surface area contributed by atoms with E-state index in [-0.39, 0.29) is 0 Å². The van der Waals surface area contributed by atoms with E-state index >= 15 is 0 Å². The van der Waals surface area contributed by atoms with Gasteiger partial charge < -0.3 is 4.98 Å². The van der Waals surface area contributed by atoms with Gasteiger partial charge in [-0.05, 0) is 46.2 Å². The summed E-state index contributed by atoms with van der Waals surface area (Å²) in [6.45, 7) is 2.19. The fraction of sp³-hybridized carbons (Fsp3) is 0.0476. The minimum Gasteiger partial charge on any atom is -0.354 e. The lowest BCUT2D eigenvalue weighted by Gasteiger charge is -2.05. The zero-order chi connectivity index (χ0) is 14.7. The van der Waals surface area contributed by atoms with Crippen LogP contribution >= 0.6 is 0 Å². The number of aryl methyl sites for hydroxylation is 1. The highest BCUT2D eigenvalue weighted by atomic mass is 14.7. The molecule has 0 saturated carbocycles. The Morgan fingerprint density at radius 3 is 2.18 bits per heavy atom. The maximum Gasteiger partial charge on any atom is 0.0474 e. The molecule has 5 rings (SSSR count). The molecule has 22 heavy (non-hydrogen) atoms. The normalized spacial score (nSPS) is 11.9. The van der Waals surface area contributed by atoms with Crippen molar-refractivity contribution in [2.75, 3.05) is 0 Å². The van der Waals surface area contributed by atoms with Gasteiger partial charge in [0, 0.05) is 21.8 Å². The predicted molar refractivity (Wildman–Crippen MR) is 95.6 cm³/mol. The molecule has 0 amide bonds. The Hall–Kier alpha value is -2.80. The van der Waals surface area contributed by atoms with Crippen LogP contribution in [0.4, 0.5) is 0 Å². The van der Waals surface area contributed by atoms with E-state index < -0.39 is 0 Å². The quantitative estimate of drug-likeness (QED) is 0.362. The van der Waals surface area contributed by atoms with Crippen molar-refractivity contribution in [1.29, 1.82) is 0 Å². The Bertz CT molecular complexity index is 1180. The van der Waals surface area contributed by atoms with E-state index in [1.165, 1.54) is 48.9 Å². The van der Waals surface area contributed by atoms with Crippen molar-refractivity contribution in [3.05, 3.63) is 72.3 Å². The van der Waals surface area contributed by atoms with E-state index in [1.807, 2.05) is 0 Å². The van der Waals surface area contributed by atoms with Crippen molar-refractivity contribution < 1.29 is 0 Å². The number of benzene rings is 4. The first-order chi connectivity index (χ1) is 10.8. The maximum atomic E-state index is 3.60. The molecule has 0 atom stereocenters. The van der Waals surface area contributed by atoms with Crippen molar-refractivity contribution >= 4 is 43.4 Å². The van der Waals surface area contributed by atoms with E-state index in [4.69, 9.17) is 0 Å². The van der Waals surface area contributed by atoms with E-state index in [2.05, 4.69) is 78.6 Å². The number of rotatable bonds is 0. The average molecular weight is 281 g/mol. The zero-order valence-electron chi connectivity index (χ0n) is 12.4. The van der Waals surface area contributed by atoms with Gasteiger partial charge in [-0.25, -0.2) is 0 Å². The summed E-state index contributed by atoms with van der Waals surface area (Å²) in [6.07, 6.45) is 0. The molecule has 0 saturated heterocycles. The third-order valence-corrected chi connectivity index (χ3v) is 4.70. The van der Waals surface area contributed by atoms with Crippen molar-refractivity contribution in [2.24, 2.45) is 0 Å². The molecule has 0 unspecified atom stereocenters. The molecule has 0 fully saturated rings. The average Bonchev–Trinajstić information content (AvgIpc) is 2.94. The fourth-order valence-corrected chi connectivity index (χ4v) is 3.71. The van der Waals surface area contributed by atoms with Crippen LogP contribution in [0.5, 0.6) is 0 Å². The molecule has 1 heteroatoms. The number of aromatic nitrogens is 1. The molecule has 1 heterocycles. The van der Waals surface area contributed by atoms with Gasteiger partial charge >= 0.3 is 0 Å². The van der Waals surface area contributed by atoms with Gasteiger partial charge in [0.15, 0.2) is 0 Å². The smallest absolute Gasteiger partial charge is 0.0474 e. The standard InChI is InChI=1S/C21H15N/c1-13-12-19-21(17-9-5-4-7-15(13)17)20-16-8-3-2-6-14(16)10-11-18(20)22-19/h2-12,22H,1H3. The summed E-state index contributed by atoms with van der Waals surface area (Å²) in [5.74, 6) is 0. The second kappa shape index (κ2) is 4.11. The number of hydrogen-bond donors (Lipinski definition) is 1. The van der Waals surface area contributed by atoms with Gasteiger partial charge in [0.1, 0.15) is 0 Å². The minimum absolute atomic E-state index is 1.21. The molecule has 4 aromatic carbocycles. The topological polar surface area (TPSA) is 15.8 Å². The van der Waals surface area contributed by atoms with Crippen molar-refractivity contribution in [3.63, 3.8) is 0 Å². The summed E-state index contributed by atoms with van der Waals surface area (Å²) in [4.78, 5) is 3.60. The second-order valence-corrected chi connectivity index (χ2v) is 6.00. The number of H-pyrrole nitrogens is 1. The molecular formula is C21H15N. The van der Waals surface area contributed by atoms with Crippen molar-refractivity contribution in [1.82, 2.24) is 4.98 Å². The van der Waals surface area contributed by atoms with Crippen LogP contribution in [0.25, 0.3) is 43.4 Å². The number of nitrogens with one attached hydrogen (secondary N) is 1. The highest BCUT2D eigenvalue weighted by molar-refractivity contribution is 6.27. The van der Waals surface area contributed by atoms with Gasteiger partial charge in [0.2, 0.25) is 0 Å².